The zero-order chi connectivity index (χ0) is 10.4. The first kappa shape index (κ1) is 10.7. The van der Waals surface area contributed by atoms with Crippen molar-refractivity contribution >= 4 is 5.71 Å². The molecule has 0 radical (unpaired) electrons. The Kier molecular flexibility index (Phi) is 4.07. The Labute approximate surface area is 82.0 Å². The zero-order valence-corrected chi connectivity index (χ0v) is 7.72. The van der Waals surface area contributed by atoms with Crippen molar-refractivity contribution in [2.24, 2.45) is 0 Å². The van der Waals surface area contributed by atoms with Crippen LogP contribution < -0.4 is 5.32 Å². The van der Waals surface area contributed by atoms with Crippen LogP contribution in [0.1, 0.15) is 12.8 Å². The Balaban J connectivity index is 2.31. The van der Waals surface area contributed by atoms with Crippen molar-refractivity contribution in [1.82, 2.24) is 5.32 Å². The second kappa shape index (κ2) is 5.34. The highest BCUT2D eigenvalue weighted by atomic mass is 16.5. The van der Waals surface area contributed by atoms with Gasteiger partial charge >= 0.3 is 0 Å². The smallest absolute Gasteiger partial charge is 0.295 e. The predicted octanol–water partition coefficient (Wildman–Crippen LogP) is -0.209. The largest absolute Gasteiger partial charge is 0.385 e. The van der Waals surface area contributed by atoms with Crippen molar-refractivity contribution in [1.29, 1.82) is 0 Å². The van der Waals surface area contributed by atoms with E-state index in [4.69, 9.17) is 15.7 Å². The highest BCUT2D eigenvalue weighted by Crippen LogP contribution is 2.03. The lowest BCUT2D eigenvalue weighted by Crippen LogP contribution is -2.20. The van der Waals surface area contributed by atoms with Gasteiger partial charge in [0.2, 0.25) is 0 Å². The highest BCUT2D eigenvalue weighted by Gasteiger charge is 2.07. The second-order valence-corrected chi connectivity index (χ2v) is 2.98. The lowest BCUT2D eigenvalue weighted by atomic mass is 10.1. The summed E-state index contributed by atoms with van der Waals surface area (Å²) < 4.78 is 0. The van der Waals surface area contributed by atoms with Crippen LogP contribution in [0.15, 0.2) is 23.9 Å². The van der Waals surface area contributed by atoms with E-state index in [0.29, 0.717) is 18.7 Å². The van der Waals surface area contributed by atoms with Gasteiger partial charge in [0, 0.05) is 24.7 Å². The molecule has 0 fully saturated rings. The fourth-order valence-corrected chi connectivity index (χ4v) is 1.09. The molecule has 0 spiro atoms. The third kappa shape index (κ3) is 3.53. The fraction of sp³-hybridized carbons (Fsp3) is 0.444. The molecule has 0 aromatic carbocycles. The van der Waals surface area contributed by atoms with Crippen LogP contribution in [-0.2, 0) is 0 Å². The maximum absolute atomic E-state index is 8.59. The van der Waals surface area contributed by atoms with Gasteiger partial charge in [0.15, 0.2) is 6.29 Å². The fourth-order valence-electron chi connectivity index (χ4n) is 1.09. The SMILES string of the molecule is [N-]=[N+]=C1C=CC(NCCC(O)O)=CC1. The Bertz CT molecular complexity index is 301. The minimum atomic E-state index is -1.27. The van der Waals surface area contributed by atoms with Gasteiger partial charge in [0.25, 0.3) is 5.71 Å². The molecule has 5 nitrogen and oxygen atoms in total. The van der Waals surface area contributed by atoms with E-state index in [0.717, 1.165) is 5.70 Å². The molecule has 1 aliphatic carbocycles. The maximum atomic E-state index is 8.59. The first-order chi connectivity index (χ1) is 6.72. The number of hydrogen-bond acceptors (Lipinski definition) is 3. The van der Waals surface area contributed by atoms with E-state index in [-0.39, 0.29) is 6.42 Å². The first-order valence-corrected chi connectivity index (χ1v) is 4.41. The molecule has 0 saturated carbocycles. The average molecular weight is 195 g/mol. The van der Waals surface area contributed by atoms with E-state index in [1.54, 1.807) is 12.2 Å². The Morgan fingerprint density at radius 1 is 1.50 bits per heavy atom. The molecule has 76 valence electrons. The molecule has 1 rings (SSSR count). The quantitative estimate of drug-likeness (QED) is 0.329. The molecule has 0 atom stereocenters. The number of hydrogen-bond donors (Lipinski definition) is 3. The molecule has 1 aliphatic rings. The zero-order valence-electron chi connectivity index (χ0n) is 7.72. The van der Waals surface area contributed by atoms with Gasteiger partial charge in [-0.2, -0.15) is 4.79 Å². The summed E-state index contributed by atoms with van der Waals surface area (Å²) in [7, 11) is 0. The van der Waals surface area contributed by atoms with Crippen molar-refractivity contribution in [3.8, 4) is 0 Å². The van der Waals surface area contributed by atoms with E-state index in [9.17, 15) is 0 Å². The summed E-state index contributed by atoms with van der Waals surface area (Å²) in [5, 5.41) is 20.2. The first-order valence-electron chi connectivity index (χ1n) is 4.41. The molecule has 0 aromatic heterocycles. The van der Waals surface area contributed by atoms with Crippen molar-refractivity contribution in [2.45, 2.75) is 19.1 Å². The molecule has 0 aliphatic heterocycles. The van der Waals surface area contributed by atoms with E-state index < -0.39 is 6.29 Å². The summed E-state index contributed by atoms with van der Waals surface area (Å²) in [6, 6.07) is 0. The summed E-state index contributed by atoms with van der Waals surface area (Å²) in [5.41, 5.74) is 9.96. The van der Waals surface area contributed by atoms with Crippen LogP contribution in [0.5, 0.6) is 0 Å². The van der Waals surface area contributed by atoms with Crippen LogP contribution in [0.3, 0.4) is 0 Å². The van der Waals surface area contributed by atoms with Gasteiger partial charge in [-0.05, 0) is 12.2 Å². The van der Waals surface area contributed by atoms with Crippen LogP contribution in [-0.4, -0.2) is 33.5 Å². The molecular formula is C9H13N3O2. The molecule has 0 amide bonds. The lowest BCUT2D eigenvalue weighted by Gasteiger charge is -2.09. The van der Waals surface area contributed by atoms with E-state index in [2.05, 4.69) is 10.1 Å². The van der Waals surface area contributed by atoms with Crippen molar-refractivity contribution in [3.05, 3.63) is 29.5 Å². The van der Waals surface area contributed by atoms with Gasteiger partial charge in [0.1, 0.15) is 0 Å². The van der Waals surface area contributed by atoms with Crippen LogP contribution in [0.4, 0.5) is 0 Å². The number of allylic oxidation sites excluding steroid dienone is 3. The van der Waals surface area contributed by atoms with Gasteiger partial charge < -0.3 is 21.1 Å². The van der Waals surface area contributed by atoms with Crippen LogP contribution in [0.2, 0.25) is 0 Å². The topological polar surface area (TPSA) is 88.9 Å². The monoisotopic (exact) mass is 195 g/mol. The van der Waals surface area contributed by atoms with Crippen molar-refractivity contribution < 1.29 is 15.0 Å². The average Bonchev–Trinajstić information content (AvgIpc) is 2.18. The summed E-state index contributed by atoms with van der Waals surface area (Å²) in [6.07, 6.45) is 4.95. The Morgan fingerprint density at radius 3 is 2.79 bits per heavy atom. The van der Waals surface area contributed by atoms with E-state index >= 15 is 0 Å². The standard InChI is InChI=1S/C9H13N3O2/c10-12-8-3-1-7(2-4-8)11-6-5-9(13)14/h1-3,9,11,13-14H,4-6H2. The van der Waals surface area contributed by atoms with Gasteiger partial charge in [0.05, 0.1) is 6.42 Å². The molecule has 0 heterocycles. The van der Waals surface area contributed by atoms with Crippen LogP contribution in [0.25, 0.3) is 5.53 Å². The third-order valence-corrected chi connectivity index (χ3v) is 1.85. The summed E-state index contributed by atoms with van der Waals surface area (Å²) >= 11 is 0. The molecule has 0 unspecified atom stereocenters. The molecule has 0 bridgehead atoms. The molecule has 3 N–H and O–H groups in total. The Morgan fingerprint density at radius 2 is 2.29 bits per heavy atom. The summed E-state index contributed by atoms with van der Waals surface area (Å²) in [4.78, 5) is 3.07. The van der Waals surface area contributed by atoms with E-state index in [1.165, 1.54) is 0 Å². The summed E-state index contributed by atoms with van der Waals surface area (Å²) in [6.45, 7) is 0.499. The molecule has 0 saturated heterocycles. The second-order valence-electron chi connectivity index (χ2n) is 2.98. The van der Waals surface area contributed by atoms with Crippen LogP contribution >= 0.6 is 0 Å². The normalized spacial score (nSPS) is 15.4. The molecular weight excluding hydrogens is 182 g/mol. The third-order valence-electron chi connectivity index (χ3n) is 1.85. The number of aliphatic hydroxyl groups excluding tert-OH is 1. The minimum absolute atomic E-state index is 0.284. The van der Waals surface area contributed by atoms with Gasteiger partial charge in [-0.3, -0.25) is 0 Å². The Hall–Kier alpha value is -1.42. The van der Waals surface area contributed by atoms with Crippen molar-refractivity contribution in [3.63, 3.8) is 0 Å². The highest BCUT2D eigenvalue weighted by molar-refractivity contribution is 5.92. The number of nitrogens with one attached hydrogen (secondary N) is 1. The van der Waals surface area contributed by atoms with Crippen LogP contribution in [0, 0.1) is 0 Å². The maximum Gasteiger partial charge on any atom is 0.295 e. The number of rotatable bonds is 4. The number of aliphatic hydroxyl groups is 2. The van der Waals surface area contributed by atoms with Gasteiger partial charge in [-0.25, -0.2) is 0 Å². The number of nitrogens with zero attached hydrogens (tertiary/aromatic N) is 2. The molecule has 5 heteroatoms. The minimum Gasteiger partial charge on any atom is -0.385 e. The van der Waals surface area contributed by atoms with E-state index in [1.807, 2.05) is 6.08 Å². The van der Waals surface area contributed by atoms with Gasteiger partial charge in [-0.1, -0.05) is 0 Å². The molecule has 14 heavy (non-hydrogen) atoms. The lowest BCUT2D eigenvalue weighted by molar-refractivity contribution is -0.0440. The predicted molar refractivity (Wildman–Crippen MR) is 51.3 cm³/mol. The van der Waals surface area contributed by atoms with Crippen molar-refractivity contribution in [2.75, 3.05) is 6.54 Å². The summed E-state index contributed by atoms with van der Waals surface area (Å²) in [5.74, 6) is 0. The molecule has 0 aromatic rings. The van der Waals surface area contributed by atoms with Gasteiger partial charge in [-0.15, -0.1) is 0 Å².